The smallest absolute Gasteiger partial charge is 0.305 e. The van der Waals surface area contributed by atoms with Gasteiger partial charge in [-0.2, -0.15) is 9.61 Å². The van der Waals surface area contributed by atoms with Gasteiger partial charge in [0, 0.05) is 9.86 Å². The van der Waals surface area contributed by atoms with Gasteiger partial charge in [0.2, 0.25) is 0 Å². The Hall–Kier alpha value is -1.69. The number of nitrogens with one attached hydrogen (secondary N) is 1. The molecule has 0 spiro atoms. The third kappa shape index (κ3) is 1.18. The van der Waals surface area contributed by atoms with Crippen molar-refractivity contribution in [2.45, 2.75) is 0 Å². The first-order valence-corrected chi connectivity index (χ1v) is 5.06. The minimum Gasteiger partial charge on any atom is -0.305 e. The van der Waals surface area contributed by atoms with Gasteiger partial charge in [-0.05, 0) is 18.2 Å². The molecule has 0 atom stereocenters. The molecule has 15 heavy (non-hydrogen) atoms. The van der Waals surface area contributed by atoms with E-state index in [4.69, 9.17) is 0 Å². The molecule has 0 fully saturated rings. The summed E-state index contributed by atoms with van der Waals surface area (Å²) < 4.78 is 2.18. The Bertz CT molecular complexity index is 715. The van der Waals surface area contributed by atoms with Crippen LogP contribution in [0.2, 0.25) is 0 Å². The van der Waals surface area contributed by atoms with Gasteiger partial charge in [-0.25, -0.2) is 9.78 Å². The van der Waals surface area contributed by atoms with Crippen molar-refractivity contribution in [1.29, 1.82) is 0 Å². The number of aromatic nitrogens is 4. The van der Waals surface area contributed by atoms with Crippen LogP contribution in [0.4, 0.5) is 0 Å². The first kappa shape index (κ1) is 8.60. The summed E-state index contributed by atoms with van der Waals surface area (Å²) in [5.41, 5.74) is 1.04. The molecule has 0 amide bonds. The van der Waals surface area contributed by atoms with Crippen LogP contribution < -0.4 is 5.69 Å². The minimum atomic E-state index is -0.280. The maximum Gasteiger partial charge on any atom is 0.348 e. The van der Waals surface area contributed by atoms with E-state index in [0.717, 1.165) is 15.4 Å². The zero-order valence-electron chi connectivity index (χ0n) is 7.44. The fourth-order valence-electron chi connectivity index (χ4n) is 1.55. The molecule has 0 aliphatic carbocycles. The van der Waals surface area contributed by atoms with Gasteiger partial charge in [0.1, 0.15) is 6.33 Å². The molecule has 0 saturated heterocycles. The Kier molecular flexibility index (Phi) is 1.66. The largest absolute Gasteiger partial charge is 0.348 e. The van der Waals surface area contributed by atoms with Crippen molar-refractivity contribution in [3.8, 4) is 0 Å². The maximum atomic E-state index is 11.5. The van der Waals surface area contributed by atoms with Crippen molar-refractivity contribution in [3.05, 3.63) is 39.5 Å². The normalized spacial score (nSPS) is 11.3. The zero-order valence-corrected chi connectivity index (χ0v) is 9.02. The molecule has 2 heterocycles. The van der Waals surface area contributed by atoms with Gasteiger partial charge in [-0.1, -0.05) is 15.9 Å². The fourth-order valence-corrected chi connectivity index (χ4v) is 1.91. The lowest BCUT2D eigenvalue weighted by Crippen LogP contribution is -2.17. The van der Waals surface area contributed by atoms with Crippen LogP contribution in [0.25, 0.3) is 16.6 Å². The average Bonchev–Trinajstić information content (AvgIpc) is 2.69. The van der Waals surface area contributed by atoms with Gasteiger partial charge >= 0.3 is 5.69 Å². The molecule has 0 aliphatic heterocycles. The monoisotopic (exact) mass is 264 g/mol. The molecule has 0 aliphatic rings. The van der Waals surface area contributed by atoms with E-state index in [0.29, 0.717) is 5.65 Å². The highest BCUT2D eigenvalue weighted by molar-refractivity contribution is 9.10. The number of halogens is 1. The molecule has 1 aromatic carbocycles. The molecule has 2 aromatic heterocycles. The van der Waals surface area contributed by atoms with Crippen molar-refractivity contribution < 1.29 is 0 Å². The van der Waals surface area contributed by atoms with Crippen LogP contribution in [-0.4, -0.2) is 19.6 Å². The van der Waals surface area contributed by atoms with Crippen LogP contribution in [0.5, 0.6) is 0 Å². The molecule has 74 valence electrons. The lowest BCUT2D eigenvalue weighted by molar-refractivity contribution is 0.881. The van der Waals surface area contributed by atoms with Crippen molar-refractivity contribution in [2.24, 2.45) is 0 Å². The lowest BCUT2D eigenvalue weighted by atomic mass is 10.2. The van der Waals surface area contributed by atoms with Crippen molar-refractivity contribution in [2.75, 3.05) is 0 Å². The van der Waals surface area contributed by atoms with E-state index in [1.165, 1.54) is 10.8 Å². The van der Waals surface area contributed by atoms with Crippen molar-refractivity contribution in [1.82, 2.24) is 19.6 Å². The van der Waals surface area contributed by atoms with E-state index in [-0.39, 0.29) is 5.69 Å². The third-order valence-electron chi connectivity index (χ3n) is 2.20. The topological polar surface area (TPSA) is 63.0 Å². The molecule has 0 bridgehead atoms. The number of fused-ring (bicyclic) bond motifs is 3. The highest BCUT2D eigenvalue weighted by Gasteiger charge is 2.06. The summed E-state index contributed by atoms with van der Waals surface area (Å²) >= 11 is 3.38. The van der Waals surface area contributed by atoms with Crippen LogP contribution in [0.1, 0.15) is 0 Å². The van der Waals surface area contributed by atoms with Crippen molar-refractivity contribution in [3.63, 3.8) is 0 Å². The number of nitrogens with zero attached hydrogens (tertiary/aromatic N) is 3. The predicted octanol–water partition coefficient (Wildman–Crippen LogP) is 1.33. The fraction of sp³-hybridized carbons (Fsp3) is 0. The van der Waals surface area contributed by atoms with Gasteiger partial charge in [0.05, 0.1) is 5.52 Å². The van der Waals surface area contributed by atoms with Gasteiger partial charge in [-0.15, -0.1) is 0 Å². The molecule has 6 heteroatoms. The molecular formula is C9H5BrN4O. The Labute approximate surface area is 91.9 Å². The zero-order chi connectivity index (χ0) is 10.4. The number of aromatic amines is 1. The Morgan fingerprint density at radius 2 is 2.27 bits per heavy atom. The number of hydrogen-bond donors (Lipinski definition) is 1. The van der Waals surface area contributed by atoms with Gasteiger partial charge in [0.25, 0.3) is 0 Å². The second-order valence-electron chi connectivity index (χ2n) is 3.12. The maximum absolute atomic E-state index is 11.5. The standard InChI is InChI=1S/C9H5BrN4O/c10-5-1-2-7-6(3-5)8-11-4-12-14(8)9(15)13-7/h1-4H,(H,13,15). The van der Waals surface area contributed by atoms with Gasteiger partial charge in [-0.3, -0.25) is 0 Å². The Morgan fingerprint density at radius 1 is 1.40 bits per heavy atom. The SMILES string of the molecule is O=c1[nH]c2ccc(Br)cc2c2ncnn12. The molecule has 0 unspecified atom stereocenters. The van der Waals surface area contributed by atoms with E-state index in [2.05, 4.69) is 31.0 Å². The summed E-state index contributed by atoms with van der Waals surface area (Å²) in [6.07, 6.45) is 1.37. The van der Waals surface area contributed by atoms with Crippen LogP contribution in [0.3, 0.4) is 0 Å². The van der Waals surface area contributed by atoms with Crippen LogP contribution >= 0.6 is 15.9 Å². The second kappa shape index (κ2) is 2.90. The molecular weight excluding hydrogens is 260 g/mol. The first-order chi connectivity index (χ1) is 7.25. The molecule has 0 saturated carbocycles. The minimum absolute atomic E-state index is 0.280. The molecule has 0 radical (unpaired) electrons. The Balaban J connectivity index is 2.67. The first-order valence-electron chi connectivity index (χ1n) is 4.27. The predicted molar refractivity (Wildman–Crippen MR) is 58.8 cm³/mol. The highest BCUT2D eigenvalue weighted by atomic mass is 79.9. The van der Waals surface area contributed by atoms with E-state index >= 15 is 0 Å². The van der Waals surface area contributed by atoms with Crippen LogP contribution in [-0.2, 0) is 0 Å². The summed E-state index contributed by atoms with van der Waals surface area (Å²) in [5.74, 6) is 0. The van der Waals surface area contributed by atoms with Crippen LogP contribution in [0, 0.1) is 0 Å². The second-order valence-corrected chi connectivity index (χ2v) is 4.03. The quantitative estimate of drug-likeness (QED) is 0.667. The summed E-state index contributed by atoms with van der Waals surface area (Å²) in [6, 6.07) is 5.59. The van der Waals surface area contributed by atoms with Crippen LogP contribution in [0.15, 0.2) is 33.8 Å². The summed E-state index contributed by atoms with van der Waals surface area (Å²) in [6.45, 7) is 0. The number of rotatable bonds is 0. The molecule has 1 N–H and O–H groups in total. The number of hydrogen-bond acceptors (Lipinski definition) is 3. The number of benzene rings is 1. The Morgan fingerprint density at radius 3 is 3.13 bits per heavy atom. The highest BCUT2D eigenvalue weighted by Crippen LogP contribution is 2.19. The molecule has 3 rings (SSSR count). The molecule has 5 nitrogen and oxygen atoms in total. The summed E-state index contributed by atoms with van der Waals surface area (Å²) in [4.78, 5) is 18.3. The van der Waals surface area contributed by atoms with Gasteiger partial charge in [0.15, 0.2) is 5.65 Å². The van der Waals surface area contributed by atoms with Gasteiger partial charge < -0.3 is 4.98 Å². The third-order valence-corrected chi connectivity index (χ3v) is 2.70. The van der Waals surface area contributed by atoms with E-state index in [1.54, 1.807) is 0 Å². The van der Waals surface area contributed by atoms with E-state index < -0.39 is 0 Å². The summed E-state index contributed by atoms with van der Waals surface area (Å²) in [7, 11) is 0. The summed E-state index contributed by atoms with van der Waals surface area (Å²) in [5, 5.41) is 4.71. The molecule has 3 aromatic rings. The lowest BCUT2D eigenvalue weighted by Gasteiger charge is -1.99. The average molecular weight is 265 g/mol. The van der Waals surface area contributed by atoms with E-state index in [1.807, 2.05) is 18.2 Å². The van der Waals surface area contributed by atoms with E-state index in [9.17, 15) is 4.79 Å². The van der Waals surface area contributed by atoms with Crippen molar-refractivity contribution >= 4 is 32.5 Å². The number of H-pyrrole nitrogens is 1.